The topological polar surface area (TPSA) is 76.0 Å². The molecule has 0 saturated carbocycles. The molecular formula is C21H34O5. The van der Waals surface area contributed by atoms with Crippen molar-refractivity contribution in [3.8, 4) is 17.2 Å². The van der Waals surface area contributed by atoms with Gasteiger partial charge in [-0.15, -0.1) is 0 Å². The number of carboxylic acid groups (broad SMARTS) is 1. The summed E-state index contributed by atoms with van der Waals surface area (Å²) in [5, 5.41) is 19.2. The molecule has 0 aliphatic heterocycles. The minimum absolute atomic E-state index is 0.0762. The fourth-order valence-corrected chi connectivity index (χ4v) is 2.93. The zero-order valence-corrected chi connectivity index (χ0v) is 16.3. The smallest absolute Gasteiger partial charge is 0.502 e. The first-order chi connectivity index (χ1) is 12.6. The van der Waals surface area contributed by atoms with Crippen LogP contribution in [0.2, 0.25) is 0 Å². The first kappa shape index (κ1) is 22.1. The van der Waals surface area contributed by atoms with E-state index in [1.54, 1.807) is 6.07 Å². The summed E-state index contributed by atoms with van der Waals surface area (Å²) in [5.74, 6) is 0.0768. The van der Waals surface area contributed by atoms with Crippen molar-refractivity contribution < 1.29 is 24.5 Å². The van der Waals surface area contributed by atoms with E-state index in [2.05, 4.69) is 18.6 Å². The van der Waals surface area contributed by atoms with E-state index in [1.165, 1.54) is 38.2 Å². The predicted molar refractivity (Wildman–Crippen MR) is 103 cm³/mol. The Morgan fingerprint density at radius 3 is 2.19 bits per heavy atom. The molecule has 1 aromatic rings. The van der Waals surface area contributed by atoms with Crippen LogP contribution in [0.15, 0.2) is 12.1 Å². The normalized spacial score (nSPS) is 10.7. The largest absolute Gasteiger partial charge is 0.511 e. The zero-order valence-electron chi connectivity index (χ0n) is 16.3. The Bertz CT molecular complexity index is 527. The Morgan fingerprint density at radius 1 is 0.923 bits per heavy atom. The van der Waals surface area contributed by atoms with E-state index >= 15 is 0 Å². The number of aromatic hydroxyl groups is 1. The lowest BCUT2D eigenvalue weighted by Crippen LogP contribution is -2.06. The van der Waals surface area contributed by atoms with Crippen molar-refractivity contribution in [1.29, 1.82) is 0 Å². The molecular weight excluding hydrogens is 332 g/mol. The molecule has 0 amide bonds. The number of unbranched alkanes of at least 4 members (excludes halogenated alkanes) is 8. The summed E-state index contributed by atoms with van der Waals surface area (Å²) in [4.78, 5) is 10.8. The van der Waals surface area contributed by atoms with Crippen LogP contribution >= 0.6 is 0 Å². The van der Waals surface area contributed by atoms with Gasteiger partial charge in [-0.2, -0.15) is 0 Å². The van der Waals surface area contributed by atoms with Crippen LogP contribution in [0.1, 0.15) is 83.6 Å². The average molecular weight is 366 g/mol. The van der Waals surface area contributed by atoms with E-state index in [9.17, 15) is 9.90 Å². The maximum absolute atomic E-state index is 10.8. The standard InChI is InChI=1S/C21H34O5/c1-3-5-7-9-10-12-16-25-20-17(13-11-8-6-4-2)14-15-18(19(20)22)26-21(23)24/h14-15,22H,3-13,16H2,1-2H3,(H,23,24). The van der Waals surface area contributed by atoms with Crippen LogP contribution in [0.4, 0.5) is 4.79 Å². The molecule has 26 heavy (non-hydrogen) atoms. The highest BCUT2D eigenvalue weighted by molar-refractivity contribution is 5.65. The number of carbonyl (C=O) groups is 1. The zero-order chi connectivity index (χ0) is 19.2. The van der Waals surface area contributed by atoms with Crippen LogP contribution in [0.3, 0.4) is 0 Å². The van der Waals surface area contributed by atoms with Crippen LogP contribution in [0, 0.1) is 0 Å². The summed E-state index contributed by atoms with van der Waals surface area (Å²) < 4.78 is 10.5. The van der Waals surface area contributed by atoms with Gasteiger partial charge in [-0.1, -0.05) is 71.3 Å². The Morgan fingerprint density at radius 2 is 1.54 bits per heavy atom. The van der Waals surface area contributed by atoms with Gasteiger partial charge in [0.2, 0.25) is 5.75 Å². The molecule has 148 valence electrons. The maximum Gasteiger partial charge on any atom is 0.511 e. The highest BCUT2D eigenvalue weighted by atomic mass is 16.7. The van der Waals surface area contributed by atoms with Crippen molar-refractivity contribution in [3.05, 3.63) is 17.7 Å². The molecule has 0 aliphatic rings. The third kappa shape index (κ3) is 8.45. The minimum atomic E-state index is -1.45. The summed E-state index contributed by atoms with van der Waals surface area (Å²) in [5.41, 5.74) is 0.905. The van der Waals surface area contributed by atoms with E-state index in [1.807, 2.05) is 0 Å². The van der Waals surface area contributed by atoms with E-state index < -0.39 is 6.16 Å². The highest BCUT2D eigenvalue weighted by Gasteiger charge is 2.17. The lowest BCUT2D eigenvalue weighted by Gasteiger charge is -2.15. The number of rotatable bonds is 14. The van der Waals surface area contributed by atoms with Gasteiger partial charge in [0, 0.05) is 0 Å². The molecule has 5 heteroatoms. The van der Waals surface area contributed by atoms with Crippen molar-refractivity contribution in [2.24, 2.45) is 0 Å². The van der Waals surface area contributed by atoms with Crippen molar-refractivity contribution in [3.63, 3.8) is 0 Å². The number of hydrogen-bond acceptors (Lipinski definition) is 4. The molecule has 0 atom stereocenters. The molecule has 0 aromatic heterocycles. The van der Waals surface area contributed by atoms with Gasteiger partial charge in [0.05, 0.1) is 6.61 Å². The first-order valence-corrected chi connectivity index (χ1v) is 9.98. The van der Waals surface area contributed by atoms with Gasteiger partial charge in [0.25, 0.3) is 0 Å². The van der Waals surface area contributed by atoms with Crippen LogP contribution in [-0.4, -0.2) is 23.0 Å². The average Bonchev–Trinajstić information content (AvgIpc) is 2.61. The second-order valence-corrected chi connectivity index (χ2v) is 6.70. The minimum Gasteiger partial charge on any atom is -0.502 e. The predicted octanol–water partition coefficient (Wildman–Crippen LogP) is 6.31. The number of ether oxygens (including phenoxy) is 2. The van der Waals surface area contributed by atoms with Crippen molar-refractivity contribution in [2.75, 3.05) is 6.61 Å². The Hall–Kier alpha value is -1.91. The Balaban J connectivity index is 2.67. The molecule has 1 aromatic carbocycles. The summed E-state index contributed by atoms with van der Waals surface area (Å²) in [6, 6.07) is 3.29. The molecule has 0 bridgehead atoms. The lowest BCUT2D eigenvalue weighted by molar-refractivity contribution is 0.142. The third-order valence-corrected chi connectivity index (χ3v) is 4.42. The fourth-order valence-electron chi connectivity index (χ4n) is 2.93. The second kappa shape index (κ2) is 13.3. The number of aryl methyl sites for hydroxylation is 1. The van der Waals surface area contributed by atoms with Crippen molar-refractivity contribution >= 4 is 6.16 Å². The van der Waals surface area contributed by atoms with E-state index in [-0.39, 0.29) is 11.5 Å². The van der Waals surface area contributed by atoms with Gasteiger partial charge in [-0.3, -0.25) is 0 Å². The lowest BCUT2D eigenvalue weighted by atomic mass is 10.0. The fraction of sp³-hybridized carbons (Fsp3) is 0.667. The molecule has 0 spiro atoms. The maximum atomic E-state index is 10.8. The van der Waals surface area contributed by atoms with Crippen LogP contribution in [0.25, 0.3) is 0 Å². The first-order valence-electron chi connectivity index (χ1n) is 9.98. The monoisotopic (exact) mass is 366 g/mol. The number of benzene rings is 1. The molecule has 0 fully saturated rings. The summed E-state index contributed by atoms with van der Waals surface area (Å²) in [6.07, 6.45) is 10.8. The Kier molecular flexibility index (Phi) is 11.3. The van der Waals surface area contributed by atoms with Gasteiger partial charge in [-0.05, 0) is 30.9 Å². The summed E-state index contributed by atoms with van der Waals surface area (Å²) in [6.45, 7) is 4.87. The second-order valence-electron chi connectivity index (χ2n) is 6.70. The van der Waals surface area contributed by atoms with Gasteiger partial charge >= 0.3 is 6.16 Å². The van der Waals surface area contributed by atoms with Crippen molar-refractivity contribution in [1.82, 2.24) is 0 Å². The Labute approximate surface area is 157 Å². The third-order valence-electron chi connectivity index (χ3n) is 4.42. The summed E-state index contributed by atoms with van der Waals surface area (Å²) in [7, 11) is 0. The molecule has 2 N–H and O–H groups in total. The van der Waals surface area contributed by atoms with E-state index in [0.29, 0.717) is 12.4 Å². The molecule has 0 heterocycles. The van der Waals surface area contributed by atoms with Crippen LogP contribution in [-0.2, 0) is 6.42 Å². The SMILES string of the molecule is CCCCCCCCOc1c(CCCCCC)ccc(OC(=O)O)c1O. The summed E-state index contributed by atoms with van der Waals surface area (Å²) >= 11 is 0. The number of phenols is 1. The molecule has 0 saturated heterocycles. The molecule has 0 unspecified atom stereocenters. The van der Waals surface area contributed by atoms with E-state index in [4.69, 9.17) is 9.84 Å². The van der Waals surface area contributed by atoms with Gasteiger partial charge < -0.3 is 19.7 Å². The van der Waals surface area contributed by atoms with Crippen LogP contribution in [0.5, 0.6) is 17.2 Å². The van der Waals surface area contributed by atoms with Gasteiger partial charge in [0.15, 0.2) is 11.5 Å². The van der Waals surface area contributed by atoms with E-state index in [0.717, 1.165) is 44.1 Å². The number of hydrogen-bond donors (Lipinski definition) is 2. The van der Waals surface area contributed by atoms with Crippen LogP contribution < -0.4 is 9.47 Å². The highest BCUT2D eigenvalue weighted by Crippen LogP contribution is 2.40. The quantitative estimate of drug-likeness (QED) is 0.229. The molecule has 0 aliphatic carbocycles. The van der Waals surface area contributed by atoms with Gasteiger partial charge in [-0.25, -0.2) is 4.79 Å². The molecule has 5 nitrogen and oxygen atoms in total. The van der Waals surface area contributed by atoms with Gasteiger partial charge in [0.1, 0.15) is 0 Å². The number of phenolic OH excluding ortho intramolecular Hbond substituents is 1. The van der Waals surface area contributed by atoms with Crippen molar-refractivity contribution in [2.45, 2.75) is 84.5 Å². The molecule has 0 radical (unpaired) electrons. The molecule has 1 rings (SSSR count).